The summed E-state index contributed by atoms with van der Waals surface area (Å²) in [6.45, 7) is 1.97. The Balaban J connectivity index is 1.77. The lowest BCUT2D eigenvalue weighted by Crippen LogP contribution is -2.14. The van der Waals surface area contributed by atoms with Gasteiger partial charge < -0.3 is 0 Å². The maximum absolute atomic E-state index is 11.9. The molecular formula is C13H12N4OS2. The summed E-state index contributed by atoms with van der Waals surface area (Å²) in [4.78, 5) is 20.5. The highest BCUT2D eigenvalue weighted by molar-refractivity contribution is 8.00. The van der Waals surface area contributed by atoms with Gasteiger partial charge in [0.15, 0.2) is 5.82 Å². The molecule has 0 saturated heterocycles. The highest BCUT2D eigenvalue weighted by atomic mass is 32.2. The molecule has 0 unspecified atom stereocenters. The van der Waals surface area contributed by atoms with Crippen LogP contribution in [0.15, 0.2) is 45.0 Å². The molecule has 3 aromatic rings. The minimum atomic E-state index is -0.102. The number of aromatic nitrogens is 4. The van der Waals surface area contributed by atoms with Crippen molar-refractivity contribution < 1.29 is 0 Å². The molecule has 0 fully saturated rings. The second-order valence-corrected chi connectivity index (χ2v) is 6.27. The van der Waals surface area contributed by atoms with E-state index < -0.39 is 0 Å². The van der Waals surface area contributed by atoms with Crippen molar-refractivity contribution in [3.05, 3.63) is 57.6 Å². The Bertz CT molecular complexity index is 760. The van der Waals surface area contributed by atoms with Crippen LogP contribution in [-0.2, 0) is 5.75 Å². The van der Waals surface area contributed by atoms with Crippen LogP contribution >= 0.6 is 23.1 Å². The molecule has 0 radical (unpaired) electrons. The average molecular weight is 304 g/mol. The molecule has 0 atom stereocenters. The summed E-state index contributed by atoms with van der Waals surface area (Å²) >= 11 is 3.23. The van der Waals surface area contributed by atoms with Gasteiger partial charge in [-0.1, -0.05) is 17.8 Å². The summed E-state index contributed by atoms with van der Waals surface area (Å²) in [5.74, 6) is 1.28. The van der Waals surface area contributed by atoms with E-state index in [4.69, 9.17) is 0 Å². The summed E-state index contributed by atoms with van der Waals surface area (Å²) in [6, 6.07) is 7.06. The fraction of sp³-hybridized carbons (Fsp3) is 0.154. The molecule has 0 saturated carbocycles. The normalized spacial score (nSPS) is 10.8. The molecular weight excluding hydrogens is 292 g/mol. The van der Waals surface area contributed by atoms with Gasteiger partial charge in [-0.15, -0.1) is 11.3 Å². The molecule has 7 heteroatoms. The van der Waals surface area contributed by atoms with Crippen LogP contribution in [0.3, 0.4) is 0 Å². The number of H-pyrrole nitrogens is 1. The molecule has 0 aliphatic rings. The molecule has 0 spiro atoms. The van der Waals surface area contributed by atoms with E-state index in [0.717, 1.165) is 15.7 Å². The predicted octanol–water partition coefficient (Wildman–Crippen LogP) is 2.62. The first-order chi connectivity index (χ1) is 9.72. The van der Waals surface area contributed by atoms with Crippen molar-refractivity contribution in [1.29, 1.82) is 0 Å². The third kappa shape index (κ3) is 2.83. The topological polar surface area (TPSA) is 63.6 Å². The van der Waals surface area contributed by atoms with Gasteiger partial charge in [-0.25, -0.2) is 14.6 Å². The number of hydrogen-bond acceptors (Lipinski definition) is 5. The maximum atomic E-state index is 11.9. The lowest BCUT2D eigenvalue weighted by molar-refractivity contribution is 0.805. The van der Waals surface area contributed by atoms with Crippen LogP contribution in [0.25, 0.3) is 5.82 Å². The van der Waals surface area contributed by atoms with Crippen molar-refractivity contribution in [3.8, 4) is 5.82 Å². The standard InChI is InChI=1S/C13H12N4OS2/c1-9-7-19-13(15-9)20-8-10-6-12(18)17(16-10)11-4-2-3-5-14-11/h2-7,16H,8H2,1H3. The van der Waals surface area contributed by atoms with Gasteiger partial charge in [-0.2, -0.15) is 0 Å². The van der Waals surface area contributed by atoms with E-state index in [0.29, 0.717) is 11.6 Å². The van der Waals surface area contributed by atoms with Gasteiger partial charge in [0.1, 0.15) is 4.34 Å². The highest BCUT2D eigenvalue weighted by Gasteiger charge is 2.07. The molecule has 0 amide bonds. The molecule has 3 aromatic heterocycles. The van der Waals surface area contributed by atoms with E-state index in [1.165, 1.54) is 4.68 Å². The van der Waals surface area contributed by atoms with E-state index in [-0.39, 0.29) is 5.56 Å². The largest absolute Gasteiger partial charge is 0.293 e. The molecule has 20 heavy (non-hydrogen) atoms. The number of hydrogen-bond donors (Lipinski definition) is 1. The highest BCUT2D eigenvalue weighted by Crippen LogP contribution is 2.25. The Kier molecular flexibility index (Phi) is 3.70. The number of thiazole rings is 1. The molecule has 0 aliphatic heterocycles. The van der Waals surface area contributed by atoms with Crippen LogP contribution in [-0.4, -0.2) is 19.7 Å². The van der Waals surface area contributed by atoms with Gasteiger partial charge in [-0.05, 0) is 19.1 Å². The van der Waals surface area contributed by atoms with E-state index in [1.54, 1.807) is 41.4 Å². The van der Waals surface area contributed by atoms with Gasteiger partial charge in [0, 0.05) is 34.8 Å². The van der Waals surface area contributed by atoms with Gasteiger partial charge in [-0.3, -0.25) is 9.89 Å². The number of rotatable bonds is 4. The minimum Gasteiger partial charge on any atom is -0.293 e. The van der Waals surface area contributed by atoms with E-state index >= 15 is 0 Å². The van der Waals surface area contributed by atoms with Gasteiger partial charge in [0.25, 0.3) is 5.56 Å². The zero-order chi connectivity index (χ0) is 13.9. The number of thioether (sulfide) groups is 1. The molecule has 3 heterocycles. The summed E-state index contributed by atoms with van der Waals surface area (Å²) in [6.07, 6.45) is 1.66. The Labute approximate surface area is 123 Å². The van der Waals surface area contributed by atoms with Crippen molar-refractivity contribution in [2.24, 2.45) is 0 Å². The molecule has 0 aliphatic carbocycles. The first-order valence-corrected chi connectivity index (χ1v) is 7.86. The zero-order valence-electron chi connectivity index (χ0n) is 10.7. The van der Waals surface area contributed by atoms with E-state index in [9.17, 15) is 4.79 Å². The quantitative estimate of drug-likeness (QED) is 0.753. The van der Waals surface area contributed by atoms with Crippen molar-refractivity contribution >= 4 is 23.1 Å². The minimum absolute atomic E-state index is 0.102. The summed E-state index contributed by atoms with van der Waals surface area (Å²) < 4.78 is 2.46. The molecule has 102 valence electrons. The first kappa shape index (κ1) is 13.1. The summed E-state index contributed by atoms with van der Waals surface area (Å²) in [7, 11) is 0. The lowest BCUT2D eigenvalue weighted by atomic mass is 10.5. The molecule has 0 aromatic carbocycles. The van der Waals surface area contributed by atoms with Crippen LogP contribution in [0, 0.1) is 6.92 Å². The van der Waals surface area contributed by atoms with E-state index in [2.05, 4.69) is 15.1 Å². The smallest absolute Gasteiger partial charge is 0.272 e. The number of aryl methyl sites for hydroxylation is 1. The number of aromatic amines is 1. The Morgan fingerprint density at radius 2 is 2.35 bits per heavy atom. The van der Waals surface area contributed by atoms with Crippen LogP contribution in [0.2, 0.25) is 0 Å². The van der Waals surface area contributed by atoms with Crippen LogP contribution in [0.5, 0.6) is 0 Å². The molecule has 0 bridgehead atoms. The number of nitrogens with one attached hydrogen (secondary N) is 1. The van der Waals surface area contributed by atoms with Crippen LogP contribution < -0.4 is 5.56 Å². The van der Waals surface area contributed by atoms with Gasteiger partial charge in [0.2, 0.25) is 0 Å². The zero-order valence-corrected chi connectivity index (χ0v) is 12.4. The predicted molar refractivity (Wildman–Crippen MR) is 80.6 cm³/mol. The first-order valence-electron chi connectivity index (χ1n) is 5.99. The monoisotopic (exact) mass is 304 g/mol. The molecule has 3 rings (SSSR count). The van der Waals surface area contributed by atoms with Crippen molar-refractivity contribution in [3.63, 3.8) is 0 Å². The van der Waals surface area contributed by atoms with Gasteiger partial charge >= 0.3 is 0 Å². The maximum Gasteiger partial charge on any atom is 0.272 e. The fourth-order valence-electron chi connectivity index (χ4n) is 1.71. The summed E-state index contributed by atoms with van der Waals surface area (Å²) in [5.41, 5.74) is 1.78. The van der Waals surface area contributed by atoms with Crippen molar-refractivity contribution in [2.75, 3.05) is 0 Å². The molecule has 5 nitrogen and oxygen atoms in total. The van der Waals surface area contributed by atoms with Crippen molar-refractivity contribution in [2.45, 2.75) is 17.0 Å². The van der Waals surface area contributed by atoms with Crippen LogP contribution in [0.1, 0.15) is 11.4 Å². The molecule has 1 N–H and O–H groups in total. The second-order valence-electron chi connectivity index (χ2n) is 4.19. The third-order valence-corrected chi connectivity index (χ3v) is 4.79. The van der Waals surface area contributed by atoms with Crippen molar-refractivity contribution in [1.82, 2.24) is 19.7 Å². The average Bonchev–Trinajstić information content (AvgIpc) is 3.03. The second kappa shape index (κ2) is 5.64. The fourth-order valence-corrected chi connectivity index (χ4v) is 3.46. The lowest BCUT2D eigenvalue weighted by Gasteiger charge is -1.99. The SMILES string of the molecule is Cc1csc(SCc2cc(=O)n(-c3ccccn3)[nH]2)n1. The Hall–Kier alpha value is -1.86. The number of nitrogens with zero attached hydrogens (tertiary/aromatic N) is 3. The van der Waals surface area contributed by atoms with Gasteiger partial charge in [0.05, 0.1) is 0 Å². The Morgan fingerprint density at radius 1 is 1.45 bits per heavy atom. The van der Waals surface area contributed by atoms with E-state index in [1.807, 2.05) is 24.4 Å². The third-order valence-electron chi connectivity index (χ3n) is 2.60. The van der Waals surface area contributed by atoms with Crippen LogP contribution in [0.4, 0.5) is 0 Å². The Morgan fingerprint density at radius 3 is 3.05 bits per heavy atom. The number of pyridine rings is 1. The summed E-state index contributed by atoms with van der Waals surface area (Å²) in [5, 5.41) is 5.09.